The quantitative estimate of drug-likeness (QED) is 0.802. The van der Waals surface area contributed by atoms with Gasteiger partial charge in [0.2, 0.25) is 6.79 Å². The first-order valence-electron chi connectivity index (χ1n) is 9.01. The van der Waals surface area contributed by atoms with Gasteiger partial charge in [0, 0.05) is 12.6 Å². The Balaban J connectivity index is 1.36. The van der Waals surface area contributed by atoms with Gasteiger partial charge in [-0.3, -0.25) is 0 Å². The summed E-state index contributed by atoms with van der Waals surface area (Å²) in [5.74, 6) is 2.97. The number of aliphatic hydroxyl groups excluding tert-OH is 1. The van der Waals surface area contributed by atoms with Gasteiger partial charge in [-0.25, -0.2) is 0 Å². The summed E-state index contributed by atoms with van der Waals surface area (Å²) in [4.78, 5) is 0. The molecule has 1 aliphatic carbocycles. The summed E-state index contributed by atoms with van der Waals surface area (Å²) in [7, 11) is 0. The molecule has 134 valence electrons. The zero-order valence-corrected chi connectivity index (χ0v) is 14.7. The first-order chi connectivity index (χ1) is 11.6. The van der Waals surface area contributed by atoms with Crippen molar-refractivity contribution in [1.82, 2.24) is 5.32 Å². The third kappa shape index (κ3) is 4.41. The summed E-state index contributed by atoms with van der Waals surface area (Å²) in [6.45, 7) is 6.29. The van der Waals surface area contributed by atoms with Crippen molar-refractivity contribution < 1.29 is 19.3 Å². The van der Waals surface area contributed by atoms with Crippen LogP contribution in [0.4, 0.5) is 0 Å². The van der Waals surface area contributed by atoms with Gasteiger partial charge in [-0.2, -0.15) is 0 Å². The second-order valence-electron chi connectivity index (χ2n) is 7.14. The van der Waals surface area contributed by atoms with Gasteiger partial charge >= 0.3 is 0 Å². The van der Waals surface area contributed by atoms with Crippen molar-refractivity contribution in [2.24, 2.45) is 11.8 Å². The number of hydrogen-bond acceptors (Lipinski definition) is 5. The molecule has 1 aromatic carbocycles. The second kappa shape index (κ2) is 8.19. The summed E-state index contributed by atoms with van der Waals surface area (Å²) in [5.41, 5.74) is 1.02. The van der Waals surface area contributed by atoms with E-state index in [1.165, 1.54) is 19.3 Å². The highest BCUT2D eigenvalue weighted by atomic mass is 16.7. The maximum Gasteiger partial charge on any atom is 0.231 e. The Morgan fingerprint density at radius 3 is 2.96 bits per heavy atom. The zero-order chi connectivity index (χ0) is 16.9. The van der Waals surface area contributed by atoms with E-state index in [1.54, 1.807) is 0 Å². The van der Waals surface area contributed by atoms with E-state index in [-0.39, 0.29) is 6.79 Å². The molecule has 2 N–H and O–H groups in total. The van der Waals surface area contributed by atoms with Gasteiger partial charge in [-0.15, -0.1) is 0 Å². The van der Waals surface area contributed by atoms with Crippen LogP contribution in [0.15, 0.2) is 18.2 Å². The molecule has 1 fully saturated rings. The van der Waals surface area contributed by atoms with Crippen molar-refractivity contribution in [3.63, 3.8) is 0 Å². The monoisotopic (exact) mass is 335 g/mol. The molecule has 0 bridgehead atoms. The Kier molecular flexibility index (Phi) is 5.98. The number of rotatable bonds is 7. The van der Waals surface area contributed by atoms with E-state index in [1.807, 2.05) is 18.2 Å². The van der Waals surface area contributed by atoms with Gasteiger partial charge < -0.3 is 24.6 Å². The third-order valence-electron chi connectivity index (χ3n) is 5.34. The normalized spacial score (nSPS) is 27.2. The number of aliphatic hydroxyl groups is 1. The highest BCUT2D eigenvalue weighted by Gasteiger charge is 2.26. The van der Waals surface area contributed by atoms with E-state index >= 15 is 0 Å². The van der Waals surface area contributed by atoms with E-state index in [0.29, 0.717) is 31.7 Å². The summed E-state index contributed by atoms with van der Waals surface area (Å²) >= 11 is 0. The van der Waals surface area contributed by atoms with Gasteiger partial charge in [0.05, 0.1) is 19.3 Å². The van der Waals surface area contributed by atoms with Crippen molar-refractivity contribution in [1.29, 1.82) is 0 Å². The van der Waals surface area contributed by atoms with E-state index < -0.39 is 6.10 Å². The molecule has 0 spiro atoms. The summed E-state index contributed by atoms with van der Waals surface area (Å²) < 4.78 is 16.3. The van der Waals surface area contributed by atoms with E-state index in [9.17, 15) is 5.11 Å². The molecule has 1 aliphatic heterocycles. The van der Waals surface area contributed by atoms with Gasteiger partial charge in [0.15, 0.2) is 11.5 Å². The standard InChI is InChI=1S/C19H29NO4/c1-13-4-3-5-17(14(13)2)20-9-16(21)11-22-10-15-6-7-18-19(8-15)24-12-23-18/h6-8,13-14,16-17,20-21H,3-5,9-12H2,1-2H3/t13-,14-,16-,17+/m1/s1. The van der Waals surface area contributed by atoms with Crippen molar-refractivity contribution in [2.45, 2.75) is 51.9 Å². The molecular weight excluding hydrogens is 306 g/mol. The minimum Gasteiger partial charge on any atom is -0.454 e. The highest BCUT2D eigenvalue weighted by molar-refractivity contribution is 5.44. The Labute approximate surface area is 144 Å². The number of nitrogens with one attached hydrogen (secondary N) is 1. The molecule has 5 heteroatoms. The fourth-order valence-electron chi connectivity index (χ4n) is 3.56. The molecule has 24 heavy (non-hydrogen) atoms. The fraction of sp³-hybridized carbons (Fsp3) is 0.684. The van der Waals surface area contributed by atoms with Crippen LogP contribution in [0.1, 0.15) is 38.7 Å². The topological polar surface area (TPSA) is 60.0 Å². The summed E-state index contributed by atoms with van der Waals surface area (Å²) in [6.07, 6.45) is 3.32. The lowest BCUT2D eigenvalue weighted by Gasteiger charge is -2.35. The van der Waals surface area contributed by atoms with Crippen LogP contribution < -0.4 is 14.8 Å². The van der Waals surface area contributed by atoms with E-state index in [2.05, 4.69) is 19.2 Å². The molecule has 4 atom stereocenters. The minimum absolute atomic E-state index is 0.280. The lowest BCUT2D eigenvalue weighted by atomic mass is 9.78. The summed E-state index contributed by atoms with van der Waals surface area (Å²) in [6, 6.07) is 6.30. The molecule has 3 rings (SSSR count). The maximum atomic E-state index is 10.1. The average molecular weight is 335 g/mol. The Hall–Kier alpha value is -1.30. The number of benzene rings is 1. The molecule has 0 unspecified atom stereocenters. The molecule has 0 amide bonds. The Bertz CT molecular complexity index is 536. The first-order valence-corrected chi connectivity index (χ1v) is 9.01. The largest absolute Gasteiger partial charge is 0.454 e. The SMILES string of the molecule is C[C@@H]1[C@H](C)CCC[C@@H]1NC[C@@H](O)COCc1ccc2c(c1)OCO2. The van der Waals surface area contributed by atoms with Crippen LogP contribution in [0.25, 0.3) is 0 Å². The number of ether oxygens (including phenoxy) is 3. The van der Waals surface area contributed by atoms with Gasteiger partial charge in [-0.05, 0) is 36.0 Å². The van der Waals surface area contributed by atoms with Crippen LogP contribution in [0.5, 0.6) is 11.5 Å². The van der Waals surface area contributed by atoms with Crippen LogP contribution in [-0.2, 0) is 11.3 Å². The highest BCUT2D eigenvalue weighted by Crippen LogP contribution is 2.32. The van der Waals surface area contributed by atoms with E-state index in [0.717, 1.165) is 23.0 Å². The smallest absolute Gasteiger partial charge is 0.231 e. The molecule has 0 radical (unpaired) electrons. The van der Waals surface area contributed by atoms with Crippen molar-refractivity contribution in [3.8, 4) is 11.5 Å². The zero-order valence-electron chi connectivity index (χ0n) is 14.7. The second-order valence-corrected chi connectivity index (χ2v) is 7.14. The first kappa shape index (κ1) is 17.5. The Morgan fingerprint density at radius 1 is 1.25 bits per heavy atom. The van der Waals surface area contributed by atoms with Crippen molar-refractivity contribution >= 4 is 0 Å². The lowest BCUT2D eigenvalue weighted by Crippen LogP contribution is -2.44. The van der Waals surface area contributed by atoms with Gasteiger partial charge in [0.1, 0.15) is 0 Å². The molecule has 0 aromatic heterocycles. The Morgan fingerprint density at radius 2 is 2.08 bits per heavy atom. The minimum atomic E-state index is -0.483. The van der Waals surface area contributed by atoms with Crippen molar-refractivity contribution in [2.75, 3.05) is 19.9 Å². The molecule has 2 aliphatic rings. The molecule has 5 nitrogen and oxygen atoms in total. The number of fused-ring (bicyclic) bond motifs is 1. The molecule has 1 saturated carbocycles. The fourth-order valence-corrected chi connectivity index (χ4v) is 3.56. The molecular formula is C19H29NO4. The summed E-state index contributed by atoms with van der Waals surface area (Å²) in [5, 5.41) is 13.7. The van der Waals surface area contributed by atoms with E-state index in [4.69, 9.17) is 14.2 Å². The van der Waals surface area contributed by atoms with Crippen molar-refractivity contribution in [3.05, 3.63) is 23.8 Å². The molecule has 1 aromatic rings. The average Bonchev–Trinajstić information content (AvgIpc) is 3.04. The predicted octanol–water partition coefficient (Wildman–Crippen LogP) is 2.71. The molecule has 1 heterocycles. The van der Waals surface area contributed by atoms with Crippen LogP contribution in [0.2, 0.25) is 0 Å². The van der Waals surface area contributed by atoms with Gasteiger partial charge in [0.25, 0.3) is 0 Å². The van der Waals surface area contributed by atoms with Crippen LogP contribution >= 0.6 is 0 Å². The van der Waals surface area contributed by atoms with Gasteiger partial charge in [-0.1, -0.05) is 32.8 Å². The van der Waals surface area contributed by atoms with Crippen LogP contribution in [0.3, 0.4) is 0 Å². The number of hydrogen-bond donors (Lipinski definition) is 2. The maximum absolute atomic E-state index is 10.1. The predicted molar refractivity (Wildman–Crippen MR) is 92.2 cm³/mol. The van der Waals surface area contributed by atoms with Crippen LogP contribution in [-0.4, -0.2) is 37.2 Å². The lowest BCUT2D eigenvalue weighted by molar-refractivity contribution is 0.0250. The van der Waals surface area contributed by atoms with Crippen LogP contribution in [0, 0.1) is 11.8 Å². The molecule has 0 saturated heterocycles. The third-order valence-corrected chi connectivity index (χ3v) is 5.34.